The molecule has 8 nitrogen and oxygen atoms in total. The zero-order valence-corrected chi connectivity index (χ0v) is 24.9. The number of aromatic nitrogens is 2. The van der Waals surface area contributed by atoms with Crippen LogP contribution < -0.4 is 4.90 Å². The van der Waals surface area contributed by atoms with Crippen molar-refractivity contribution in [3.8, 4) is 22.4 Å². The lowest BCUT2D eigenvalue weighted by Gasteiger charge is -2.32. The number of carboxylic acids is 1. The van der Waals surface area contributed by atoms with Crippen molar-refractivity contribution in [1.29, 1.82) is 0 Å². The average Bonchev–Trinajstić information content (AvgIpc) is 3.46. The second-order valence-electron chi connectivity index (χ2n) is 12.1. The van der Waals surface area contributed by atoms with Gasteiger partial charge in [-0.1, -0.05) is 56.0 Å². The Bertz CT molecular complexity index is 1440. The number of nitrogens with zero attached hydrogens (tertiary/aromatic N) is 4. The molecule has 6 rings (SSSR count). The summed E-state index contributed by atoms with van der Waals surface area (Å²) in [6.45, 7) is 0. The second kappa shape index (κ2) is 12.3. The van der Waals surface area contributed by atoms with Crippen molar-refractivity contribution in [3.63, 3.8) is 0 Å². The highest BCUT2D eigenvalue weighted by molar-refractivity contribution is 7.14. The average molecular weight is 587 g/mol. The van der Waals surface area contributed by atoms with Crippen molar-refractivity contribution in [2.75, 3.05) is 11.9 Å². The van der Waals surface area contributed by atoms with Gasteiger partial charge in [-0.05, 0) is 49.7 Å². The van der Waals surface area contributed by atoms with Gasteiger partial charge in [-0.3, -0.25) is 24.3 Å². The first-order valence-electron chi connectivity index (χ1n) is 15.2. The standard InChI is InChI=1S/C33H38N4O4S/c1-36-29(11-6-12-30(36)38)27-16-13-22(19-34-27)25-9-4-5-10-26(25)28-20-42-33(35-28)37(24-14-15-24)32(41)23(18-31(39)40)17-21-7-2-3-8-21/h4-5,9-10,13,16,19-21,23-24,29H,2-3,6-8,11-12,14-15,17-18H2,1H3,(H,39,40). The summed E-state index contributed by atoms with van der Waals surface area (Å²) >= 11 is 1.45. The lowest BCUT2D eigenvalue weighted by atomic mass is 9.90. The number of piperidine rings is 1. The first-order chi connectivity index (χ1) is 20.4. The van der Waals surface area contributed by atoms with E-state index in [0.717, 1.165) is 79.4 Å². The van der Waals surface area contributed by atoms with E-state index in [4.69, 9.17) is 9.97 Å². The van der Waals surface area contributed by atoms with Gasteiger partial charge in [-0.2, -0.15) is 0 Å². The molecule has 2 unspecified atom stereocenters. The highest BCUT2D eigenvalue weighted by atomic mass is 32.1. The molecule has 0 bridgehead atoms. The summed E-state index contributed by atoms with van der Waals surface area (Å²) in [7, 11) is 1.85. The molecule has 2 aromatic heterocycles. The quantitative estimate of drug-likeness (QED) is 0.283. The molecule has 0 radical (unpaired) electrons. The van der Waals surface area contributed by atoms with Gasteiger partial charge in [0.2, 0.25) is 11.8 Å². The number of aliphatic carboxylic acids is 1. The summed E-state index contributed by atoms with van der Waals surface area (Å²) in [5, 5.41) is 12.3. The fraction of sp³-hybridized carbons (Fsp3) is 0.485. The first-order valence-corrected chi connectivity index (χ1v) is 16.1. The number of rotatable bonds is 10. The Balaban J connectivity index is 1.25. The Kier molecular flexibility index (Phi) is 8.38. The van der Waals surface area contributed by atoms with Gasteiger partial charge in [0.1, 0.15) is 0 Å². The number of amides is 2. The molecule has 1 N–H and O–H groups in total. The predicted octanol–water partition coefficient (Wildman–Crippen LogP) is 6.72. The molecule has 3 aromatic rings. The molecule has 3 fully saturated rings. The highest BCUT2D eigenvalue weighted by Gasteiger charge is 2.40. The van der Waals surface area contributed by atoms with Crippen molar-refractivity contribution >= 4 is 34.3 Å². The van der Waals surface area contributed by atoms with Crippen LogP contribution in [0.15, 0.2) is 48.0 Å². The van der Waals surface area contributed by atoms with Crippen molar-refractivity contribution in [1.82, 2.24) is 14.9 Å². The third-order valence-corrected chi connectivity index (χ3v) is 9.92. The minimum Gasteiger partial charge on any atom is -0.481 e. The molecule has 2 aliphatic carbocycles. The van der Waals surface area contributed by atoms with Crippen LogP contribution in [0.3, 0.4) is 0 Å². The third-order valence-electron chi connectivity index (χ3n) is 9.08. The van der Waals surface area contributed by atoms with Crippen LogP contribution in [0, 0.1) is 11.8 Å². The number of anilines is 1. The van der Waals surface area contributed by atoms with E-state index in [1.807, 2.05) is 42.9 Å². The summed E-state index contributed by atoms with van der Waals surface area (Å²) in [6, 6.07) is 12.2. The normalized spacial score (nSPS) is 20.1. The van der Waals surface area contributed by atoms with E-state index in [9.17, 15) is 19.5 Å². The molecule has 9 heteroatoms. The minimum atomic E-state index is -0.919. The van der Waals surface area contributed by atoms with Gasteiger partial charge in [0, 0.05) is 48.1 Å². The Morgan fingerprint density at radius 3 is 2.50 bits per heavy atom. The zero-order chi connectivity index (χ0) is 29.2. The van der Waals surface area contributed by atoms with Gasteiger partial charge in [0.05, 0.1) is 23.9 Å². The molecule has 0 spiro atoms. The number of carboxylic acid groups (broad SMARTS) is 1. The minimum absolute atomic E-state index is 0.00112. The summed E-state index contributed by atoms with van der Waals surface area (Å²) in [4.78, 5) is 51.2. The maximum Gasteiger partial charge on any atom is 0.304 e. The Morgan fingerprint density at radius 2 is 1.81 bits per heavy atom. The van der Waals surface area contributed by atoms with Crippen LogP contribution >= 0.6 is 11.3 Å². The molecule has 3 heterocycles. The van der Waals surface area contributed by atoms with Gasteiger partial charge >= 0.3 is 5.97 Å². The molecule has 1 aromatic carbocycles. The number of likely N-dealkylation sites (tertiary alicyclic amines) is 1. The van der Waals surface area contributed by atoms with Crippen molar-refractivity contribution in [2.45, 2.75) is 82.7 Å². The van der Waals surface area contributed by atoms with Crippen molar-refractivity contribution < 1.29 is 19.5 Å². The molecule has 2 saturated carbocycles. The van der Waals surface area contributed by atoms with Gasteiger partial charge in [0.15, 0.2) is 5.13 Å². The second-order valence-corrected chi connectivity index (χ2v) is 12.9. The van der Waals surface area contributed by atoms with E-state index in [2.05, 4.69) is 12.1 Å². The molecule has 42 heavy (non-hydrogen) atoms. The maximum atomic E-state index is 13.9. The van der Waals surface area contributed by atoms with E-state index < -0.39 is 11.9 Å². The zero-order valence-electron chi connectivity index (χ0n) is 24.1. The smallest absolute Gasteiger partial charge is 0.304 e. The Labute approximate surface area is 250 Å². The number of thiazole rings is 1. The number of benzene rings is 1. The lowest BCUT2D eigenvalue weighted by Crippen LogP contribution is -2.39. The van der Waals surface area contributed by atoms with Crippen LogP contribution in [-0.2, 0) is 14.4 Å². The van der Waals surface area contributed by atoms with Crippen LogP contribution in [0.25, 0.3) is 22.4 Å². The van der Waals surface area contributed by atoms with E-state index in [1.54, 1.807) is 9.80 Å². The molecular formula is C33H38N4O4S. The van der Waals surface area contributed by atoms with E-state index in [1.165, 1.54) is 11.3 Å². The molecule has 2 atom stereocenters. The highest BCUT2D eigenvalue weighted by Crippen LogP contribution is 2.41. The van der Waals surface area contributed by atoms with E-state index >= 15 is 0 Å². The van der Waals surface area contributed by atoms with Gasteiger partial charge in [-0.25, -0.2) is 4.98 Å². The van der Waals surface area contributed by atoms with E-state index in [-0.39, 0.29) is 30.3 Å². The molecule has 220 valence electrons. The number of carbonyl (C=O) groups is 3. The van der Waals surface area contributed by atoms with Crippen LogP contribution in [0.2, 0.25) is 0 Å². The fourth-order valence-electron chi connectivity index (χ4n) is 6.65. The fourth-order valence-corrected chi connectivity index (χ4v) is 7.55. The SMILES string of the molecule is CN1C(=O)CCCC1c1ccc(-c2ccccc2-c2csc(N(C(=O)C(CC(=O)O)CC3CCCC3)C3CC3)n2)cn1. The third kappa shape index (κ3) is 6.11. The van der Waals surface area contributed by atoms with Gasteiger partial charge < -0.3 is 10.0 Å². The van der Waals surface area contributed by atoms with Gasteiger partial charge in [-0.15, -0.1) is 11.3 Å². The Hall–Kier alpha value is -3.59. The number of carbonyl (C=O) groups excluding carboxylic acids is 2. The molecule has 1 aliphatic heterocycles. The molecule has 1 saturated heterocycles. The number of pyridine rings is 1. The van der Waals surface area contributed by atoms with Crippen LogP contribution in [0.1, 0.15) is 82.4 Å². The van der Waals surface area contributed by atoms with E-state index in [0.29, 0.717) is 23.9 Å². The topological polar surface area (TPSA) is 104 Å². The summed E-state index contributed by atoms with van der Waals surface area (Å²) in [5.41, 5.74) is 4.60. The van der Waals surface area contributed by atoms with Crippen LogP contribution in [0.5, 0.6) is 0 Å². The van der Waals surface area contributed by atoms with Crippen LogP contribution in [0.4, 0.5) is 5.13 Å². The predicted molar refractivity (Wildman–Crippen MR) is 163 cm³/mol. The van der Waals surface area contributed by atoms with Gasteiger partial charge in [0.25, 0.3) is 0 Å². The lowest BCUT2D eigenvalue weighted by molar-refractivity contribution is -0.141. The van der Waals surface area contributed by atoms with Crippen molar-refractivity contribution in [2.24, 2.45) is 11.8 Å². The molecular weight excluding hydrogens is 548 g/mol. The summed E-state index contributed by atoms with van der Waals surface area (Å²) in [5.74, 6) is -0.941. The molecule has 3 aliphatic rings. The summed E-state index contributed by atoms with van der Waals surface area (Å²) in [6.07, 6.45) is 11.1. The molecule has 2 amide bonds. The first kappa shape index (κ1) is 28.5. The van der Waals surface area contributed by atoms with Crippen LogP contribution in [-0.4, -0.2) is 50.8 Å². The monoisotopic (exact) mass is 586 g/mol. The van der Waals surface area contributed by atoms with Crippen molar-refractivity contribution in [3.05, 3.63) is 53.7 Å². The largest absolute Gasteiger partial charge is 0.481 e. The number of hydrogen-bond donors (Lipinski definition) is 1. The summed E-state index contributed by atoms with van der Waals surface area (Å²) < 4.78 is 0. The number of hydrogen-bond acceptors (Lipinski definition) is 6. The maximum absolute atomic E-state index is 13.9. The Morgan fingerprint density at radius 1 is 1.05 bits per heavy atom.